The van der Waals surface area contributed by atoms with Crippen molar-refractivity contribution in [2.75, 3.05) is 32.8 Å². The van der Waals surface area contributed by atoms with Crippen LogP contribution in [0.1, 0.15) is 13.3 Å². The van der Waals surface area contributed by atoms with Crippen molar-refractivity contribution in [3.8, 4) is 0 Å². The fourth-order valence-electron chi connectivity index (χ4n) is 2.33. The average Bonchev–Trinajstić information content (AvgIpc) is 2.78. The van der Waals surface area contributed by atoms with Gasteiger partial charge in [-0.15, -0.1) is 0 Å². The average molecular weight is 228 g/mol. The molecule has 2 fully saturated rings. The predicted octanol–water partition coefficient (Wildman–Crippen LogP) is -0.796. The molecule has 2 aliphatic heterocycles. The summed E-state index contributed by atoms with van der Waals surface area (Å²) in [6, 6.07) is -0.193. The van der Waals surface area contributed by atoms with Gasteiger partial charge in [-0.3, -0.25) is 4.79 Å². The number of carbonyl (C=O) groups excluding carboxylic acids is 1. The van der Waals surface area contributed by atoms with Crippen molar-refractivity contribution >= 4 is 5.91 Å². The SMILES string of the molecule is CC(O)C1CCN(C(=O)C2COCCN2)C1. The van der Waals surface area contributed by atoms with Crippen LogP contribution in [-0.2, 0) is 9.53 Å². The van der Waals surface area contributed by atoms with E-state index in [0.29, 0.717) is 19.8 Å². The normalized spacial score (nSPS) is 32.8. The van der Waals surface area contributed by atoms with Gasteiger partial charge in [0, 0.05) is 25.6 Å². The van der Waals surface area contributed by atoms with Crippen molar-refractivity contribution in [3.05, 3.63) is 0 Å². The zero-order valence-corrected chi connectivity index (χ0v) is 9.69. The number of nitrogens with one attached hydrogen (secondary N) is 1. The number of ether oxygens (including phenoxy) is 1. The molecule has 5 nitrogen and oxygen atoms in total. The number of hydrogen-bond acceptors (Lipinski definition) is 4. The van der Waals surface area contributed by atoms with Gasteiger partial charge < -0.3 is 20.1 Å². The topological polar surface area (TPSA) is 61.8 Å². The lowest BCUT2D eigenvalue weighted by molar-refractivity contribution is -0.135. The van der Waals surface area contributed by atoms with Crippen molar-refractivity contribution in [1.82, 2.24) is 10.2 Å². The Hall–Kier alpha value is -0.650. The molecule has 0 spiro atoms. The van der Waals surface area contributed by atoms with E-state index in [-0.39, 0.29) is 24.0 Å². The van der Waals surface area contributed by atoms with Crippen LogP contribution in [0.25, 0.3) is 0 Å². The predicted molar refractivity (Wildman–Crippen MR) is 59.0 cm³/mol. The molecular formula is C11H20N2O3. The highest BCUT2D eigenvalue weighted by molar-refractivity contribution is 5.82. The largest absolute Gasteiger partial charge is 0.393 e. The highest BCUT2D eigenvalue weighted by Crippen LogP contribution is 2.20. The van der Waals surface area contributed by atoms with Crippen LogP contribution in [0.2, 0.25) is 0 Å². The maximum absolute atomic E-state index is 12.1. The molecule has 5 heteroatoms. The van der Waals surface area contributed by atoms with Crippen LogP contribution in [0.4, 0.5) is 0 Å². The smallest absolute Gasteiger partial charge is 0.242 e. The molecule has 2 saturated heterocycles. The molecule has 16 heavy (non-hydrogen) atoms. The fraction of sp³-hybridized carbons (Fsp3) is 0.909. The van der Waals surface area contributed by atoms with Gasteiger partial charge in [0.1, 0.15) is 6.04 Å². The number of likely N-dealkylation sites (tertiary alicyclic amines) is 1. The first kappa shape index (κ1) is 11.8. The van der Waals surface area contributed by atoms with Crippen LogP contribution in [0.5, 0.6) is 0 Å². The molecule has 3 atom stereocenters. The minimum Gasteiger partial charge on any atom is -0.393 e. The van der Waals surface area contributed by atoms with E-state index in [4.69, 9.17) is 4.74 Å². The summed E-state index contributed by atoms with van der Waals surface area (Å²) in [6.07, 6.45) is 0.574. The minimum atomic E-state index is -0.326. The van der Waals surface area contributed by atoms with E-state index < -0.39 is 0 Å². The maximum atomic E-state index is 12.1. The molecule has 0 aromatic heterocycles. The van der Waals surface area contributed by atoms with Gasteiger partial charge in [0.2, 0.25) is 5.91 Å². The van der Waals surface area contributed by atoms with Crippen LogP contribution in [0.3, 0.4) is 0 Å². The Labute approximate surface area is 95.8 Å². The molecule has 0 aromatic rings. The Bertz CT molecular complexity index is 252. The van der Waals surface area contributed by atoms with Gasteiger partial charge in [-0.1, -0.05) is 0 Å². The molecule has 2 rings (SSSR count). The van der Waals surface area contributed by atoms with E-state index in [1.807, 2.05) is 4.90 Å². The lowest BCUT2D eigenvalue weighted by Gasteiger charge is -2.27. The Morgan fingerprint density at radius 2 is 2.44 bits per heavy atom. The molecule has 0 bridgehead atoms. The van der Waals surface area contributed by atoms with Crippen molar-refractivity contribution in [2.45, 2.75) is 25.5 Å². The number of carbonyl (C=O) groups is 1. The van der Waals surface area contributed by atoms with E-state index in [2.05, 4.69) is 5.32 Å². The molecule has 2 heterocycles. The van der Waals surface area contributed by atoms with Crippen LogP contribution >= 0.6 is 0 Å². The van der Waals surface area contributed by atoms with Crippen molar-refractivity contribution in [2.24, 2.45) is 5.92 Å². The number of rotatable bonds is 2. The van der Waals surface area contributed by atoms with Gasteiger partial charge in [-0.2, -0.15) is 0 Å². The van der Waals surface area contributed by atoms with E-state index >= 15 is 0 Å². The van der Waals surface area contributed by atoms with E-state index in [1.54, 1.807) is 6.92 Å². The zero-order valence-electron chi connectivity index (χ0n) is 9.69. The first-order valence-electron chi connectivity index (χ1n) is 5.96. The summed E-state index contributed by atoms with van der Waals surface area (Å²) in [5.74, 6) is 0.344. The van der Waals surface area contributed by atoms with Crippen LogP contribution < -0.4 is 5.32 Å². The number of aliphatic hydroxyl groups excluding tert-OH is 1. The minimum absolute atomic E-state index is 0.114. The number of amides is 1. The van der Waals surface area contributed by atoms with Gasteiger partial charge in [-0.05, 0) is 13.3 Å². The summed E-state index contributed by atoms with van der Waals surface area (Å²) >= 11 is 0. The zero-order chi connectivity index (χ0) is 11.5. The molecule has 3 unspecified atom stereocenters. The first-order valence-corrected chi connectivity index (χ1v) is 5.96. The van der Waals surface area contributed by atoms with Crippen molar-refractivity contribution in [3.63, 3.8) is 0 Å². The third kappa shape index (κ3) is 2.53. The number of hydrogen-bond donors (Lipinski definition) is 2. The summed E-state index contributed by atoms with van der Waals surface area (Å²) in [6.45, 7) is 5.11. The highest BCUT2D eigenvalue weighted by Gasteiger charge is 2.33. The van der Waals surface area contributed by atoms with Gasteiger partial charge in [0.05, 0.1) is 19.3 Å². The Kier molecular flexibility index (Phi) is 3.78. The third-order valence-electron chi connectivity index (χ3n) is 3.44. The Morgan fingerprint density at radius 3 is 3.00 bits per heavy atom. The van der Waals surface area contributed by atoms with Crippen LogP contribution in [-0.4, -0.2) is 60.9 Å². The van der Waals surface area contributed by atoms with Gasteiger partial charge in [-0.25, -0.2) is 0 Å². The van der Waals surface area contributed by atoms with E-state index in [0.717, 1.165) is 19.5 Å². The monoisotopic (exact) mass is 228 g/mol. The van der Waals surface area contributed by atoms with Gasteiger partial charge in [0.15, 0.2) is 0 Å². The standard InChI is InChI=1S/C11H20N2O3/c1-8(14)9-2-4-13(6-9)11(15)10-7-16-5-3-12-10/h8-10,12,14H,2-7H2,1H3. The number of nitrogens with zero attached hydrogens (tertiary/aromatic N) is 1. The second kappa shape index (κ2) is 5.12. The molecule has 0 radical (unpaired) electrons. The van der Waals surface area contributed by atoms with Gasteiger partial charge in [0.25, 0.3) is 0 Å². The summed E-state index contributed by atoms with van der Waals surface area (Å²) in [5.41, 5.74) is 0. The molecular weight excluding hydrogens is 208 g/mol. The van der Waals surface area contributed by atoms with Crippen molar-refractivity contribution < 1.29 is 14.6 Å². The highest BCUT2D eigenvalue weighted by atomic mass is 16.5. The summed E-state index contributed by atoms with van der Waals surface area (Å²) in [7, 11) is 0. The summed E-state index contributed by atoms with van der Waals surface area (Å²) < 4.78 is 5.28. The quantitative estimate of drug-likeness (QED) is 0.650. The number of morpholine rings is 1. The summed E-state index contributed by atoms with van der Waals surface area (Å²) in [5, 5.41) is 12.6. The molecule has 1 amide bonds. The molecule has 0 saturated carbocycles. The fourth-order valence-corrected chi connectivity index (χ4v) is 2.33. The molecule has 92 valence electrons. The Balaban J connectivity index is 1.86. The van der Waals surface area contributed by atoms with E-state index in [1.165, 1.54) is 0 Å². The van der Waals surface area contributed by atoms with Crippen LogP contribution in [0.15, 0.2) is 0 Å². The Morgan fingerprint density at radius 1 is 1.62 bits per heavy atom. The molecule has 2 aliphatic rings. The second-order valence-electron chi connectivity index (χ2n) is 4.66. The lowest BCUT2D eigenvalue weighted by atomic mass is 10.0. The van der Waals surface area contributed by atoms with E-state index in [9.17, 15) is 9.90 Å². The third-order valence-corrected chi connectivity index (χ3v) is 3.44. The molecule has 0 aliphatic carbocycles. The molecule has 2 N–H and O–H groups in total. The molecule has 0 aromatic carbocycles. The number of aliphatic hydroxyl groups is 1. The second-order valence-corrected chi connectivity index (χ2v) is 4.66. The summed E-state index contributed by atoms with van der Waals surface area (Å²) in [4.78, 5) is 13.9. The van der Waals surface area contributed by atoms with Crippen LogP contribution in [0, 0.1) is 5.92 Å². The van der Waals surface area contributed by atoms with Crippen molar-refractivity contribution in [1.29, 1.82) is 0 Å². The first-order chi connectivity index (χ1) is 7.68. The maximum Gasteiger partial charge on any atom is 0.242 e. The lowest BCUT2D eigenvalue weighted by Crippen LogP contribution is -2.52. The van der Waals surface area contributed by atoms with Gasteiger partial charge >= 0.3 is 0 Å².